The molecule has 0 amide bonds. The van der Waals surface area contributed by atoms with Crippen molar-refractivity contribution in [2.75, 3.05) is 0 Å². The van der Waals surface area contributed by atoms with E-state index in [2.05, 4.69) is 15.0 Å². The molecule has 0 saturated heterocycles. The van der Waals surface area contributed by atoms with Crippen LogP contribution < -0.4 is 0 Å². The number of fused-ring (bicyclic) bond motifs is 1. The molecule has 7 heteroatoms. The highest BCUT2D eigenvalue weighted by Gasteiger charge is 2.22. The zero-order chi connectivity index (χ0) is 17.9. The molecule has 0 saturated carbocycles. The number of nitrogens with zero attached hydrogens (tertiary/aromatic N) is 4. The number of carbonyl (C=O) groups is 2. The fraction of sp³-hybridized carbons (Fsp3) is 0. The standard InChI is InChI=1S/C19H12N4O2S/c24-17(14-8-3-5-11-20-14)23-16-10-2-1-7-13(16)22-19(23)26-18(25)15-9-4-6-12-21-15/h1-12H. The molecular formula is C19H12N4O2S. The first kappa shape index (κ1) is 16.2. The average Bonchev–Trinajstić information content (AvgIpc) is 3.06. The van der Waals surface area contributed by atoms with Gasteiger partial charge in [-0.05, 0) is 48.2 Å². The third-order valence-corrected chi connectivity index (χ3v) is 4.53. The van der Waals surface area contributed by atoms with Gasteiger partial charge in [-0.1, -0.05) is 24.3 Å². The van der Waals surface area contributed by atoms with Crippen LogP contribution in [0.4, 0.5) is 0 Å². The topological polar surface area (TPSA) is 77.7 Å². The van der Waals surface area contributed by atoms with Gasteiger partial charge in [0.2, 0.25) is 5.12 Å². The summed E-state index contributed by atoms with van der Waals surface area (Å²) in [6.07, 6.45) is 3.11. The monoisotopic (exact) mass is 360 g/mol. The van der Waals surface area contributed by atoms with Gasteiger partial charge in [0.25, 0.3) is 5.91 Å². The second-order valence-electron chi connectivity index (χ2n) is 5.34. The van der Waals surface area contributed by atoms with Crippen LogP contribution >= 0.6 is 11.8 Å². The Bertz CT molecular complexity index is 1090. The number of carbonyl (C=O) groups excluding carboxylic acids is 2. The van der Waals surface area contributed by atoms with E-state index in [1.165, 1.54) is 4.57 Å². The maximum atomic E-state index is 13.0. The Hall–Kier alpha value is -3.32. The van der Waals surface area contributed by atoms with Gasteiger partial charge in [-0.2, -0.15) is 0 Å². The highest BCUT2D eigenvalue weighted by molar-refractivity contribution is 8.14. The number of rotatable bonds is 3. The van der Waals surface area contributed by atoms with E-state index in [1.807, 2.05) is 12.1 Å². The van der Waals surface area contributed by atoms with E-state index in [-0.39, 0.29) is 21.9 Å². The third kappa shape index (κ3) is 3.00. The van der Waals surface area contributed by atoms with E-state index in [1.54, 1.807) is 60.9 Å². The highest BCUT2D eigenvalue weighted by atomic mass is 32.2. The molecule has 0 fully saturated rings. The van der Waals surface area contributed by atoms with E-state index in [0.29, 0.717) is 16.7 Å². The van der Waals surface area contributed by atoms with Gasteiger partial charge in [0, 0.05) is 12.4 Å². The molecule has 26 heavy (non-hydrogen) atoms. The lowest BCUT2D eigenvalue weighted by atomic mass is 10.3. The fourth-order valence-electron chi connectivity index (χ4n) is 2.49. The van der Waals surface area contributed by atoms with Gasteiger partial charge >= 0.3 is 0 Å². The molecule has 4 aromatic rings. The highest BCUT2D eigenvalue weighted by Crippen LogP contribution is 2.27. The van der Waals surface area contributed by atoms with Gasteiger partial charge < -0.3 is 0 Å². The summed E-state index contributed by atoms with van der Waals surface area (Å²) in [5, 5.41) is 0.00785. The van der Waals surface area contributed by atoms with Crippen molar-refractivity contribution < 1.29 is 9.59 Å². The summed E-state index contributed by atoms with van der Waals surface area (Å²) in [5.41, 5.74) is 1.84. The summed E-state index contributed by atoms with van der Waals surface area (Å²) in [6.45, 7) is 0. The van der Waals surface area contributed by atoms with Crippen LogP contribution in [0.15, 0.2) is 78.2 Å². The fourth-order valence-corrected chi connectivity index (χ4v) is 3.30. The SMILES string of the molecule is O=C(Sc1nc2ccccc2n1C(=O)c1ccccn1)c1ccccn1. The van der Waals surface area contributed by atoms with Crippen LogP contribution in [-0.4, -0.2) is 30.5 Å². The maximum absolute atomic E-state index is 13.0. The number of imidazole rings is 1. The van der Waals surface area contributed by atoms with Crippen molar-refractivity contribution in [3.8, 4) is 0 Å². The van der Waals surface area contributed by atoms with Gasteiger partial charge in [0.1, 0.15) is 11.4 Å². The molecule has 4 rings (SSSR count). The summed E-state index contributed by atoms with van der Waals surface area (Å²) in [4.78, 5) is 38.1. The second kappa shape index (κ2) is 6.89. The quantitative estimate of drug-likeness (QED) is 0.521. The van der Waals surface area contributed by atoms with Crippen LogP contribution in [-0.2, 0) is 0 Å². The van der Waals surface area contributed by atoms with Crippen LogP contribution in [0.5, 0.6) is 0 Å². The second-order valence-corrected chi connectivity index (χ2v) is 6.28. The van der Waals surface area contributed by atoms with Gasteiger partial charge in [-0.3, -0.25) is 24.1 Å². The first-order valence-electron chi connectivity index (χ1n) is 7.80. The molecule has 0 unspecified atom stereocenters. The first-order chi connectivity index (χ1) is 12.7. The summed E-state index contributed by atoms with van der Waals surface area (Å²) >= 11 is 0.874. The summed E-state index contributed by atoms with van der Waals surface area (Å²) < 4.78 is 1.42. The van der Waals surface area contributed by atoms with E-state index in [4.69, 9.17) is 0 Å². The minimum Gasteiger partial charge on any atom is -0.279 e. The van der Waals surface area contributed by atoms with Crippen LogP contribution in [0, 0.1) is 0 Å². The van der Waals surface area contributed by atoms with Gasteiger partial charge in [-0.25, -0.2) is 4.98 Å². The van der Waals surface area contributed by atoms with E-state index in [9.17, 15) is 9.59 Å². The minimum absolute atomic E-state index is 0.280. The molecule has 3 aromatic heterocycles. The Morgan fingerprint density at radius 3 is 2.15 bits per heavy atom. The Kier molecular flexibility index (Phi) is 4.28. The third-order valence-electron chi connectivity index (χ3n) is 3.68. The predicted molar refractivity (Wildman–Crippen MR) is 98.1 cm³/mol. The molecule has 6 nitrogen and oxygen atoms in total. The zero-order valence-electron chi connectivity index (χ0n) is 13.4. The number of benzene rings is 1. The number of pyridine rings is 2. The molecular weight excluding hydrogens is 348 g/mol. The maximum Gasteiger partial charge on any atom is 0.283 e. The molecule has 0 aliphatic heterocycles. The molecule has 1 aromatic carbocycles. The smallest absolute Gasteiger partial charge is 0.279 e. The largest absolute Gasteiger partial charge is 0.283 e. The lowest BCUT2D eigenvalue weighted by Gasteiger charge is -2.06. The lowest BCUT2D eigenvalue weighted by Crippen LogP contribution is -2.15. The van der Waals surface area contributed by atoms with Crippen molar-refractivity contribution in [3.63, 3.8) is 0 Å². The molecule has 0 bridgehead atoms. The molecule has 0 N–H and O–H groups in total. The number of hydrogen-bond donors (Lipinski definition) is 0. The Balaban J connectivity index is 1.80. The molecule has 3 heterocycles. The number of thioether (sulfide) groups is 1. The summed E-state index contributed by atoms with van der Waals surface area (Å²) in [7, 11) is 0. The average molecular weight is 360 g/mol. The van der Waals surface area contributed by atoms with Gasteiger partial charge in [-0.15, -0.1) is 0 Å². The van der Waals surface area contributed by atoms with Crippen LogP contribution in [0.25, 0.3) is 11.0 Å². The molecule has 0 aliphatic rings. The van der Waals surface area contributed by atoms with Crippen molar-refractivity contribution in [2.24, 2.45) is 0 Å². The first-order valence-corrected chi connectivity index (χ1v) is 8.62. The van der Waals surface area contributed by atoms with E-state index >= 15 is 0 Å². The van der Waals surface area contributed by atoms with Crippen LogP contribution in [0.1, 0.15) is 21.0 Å². The van der Waals surface area contributed by atoms with Crippen LogP contribution in [0.2, 0.25) is 0 Å². The molecule has 0 aliphatic carbocycles. The van der Waals surface area contributed by atoms with Crippen molar-refractivity contribution in [1.29, 1.82) is 0 Å². The molecule has 0 radical (unpaired) electrons. The number of para-hydroxylation sites is 2. The number of hydrogen-bond acceptors (Lipinski definition) is 6. The van der Waals surface area contributed by atoms with Crippen molar-refractivity contribution in [3.05, 3.63) is 84.4 Å². The lowest BCUT2D eigenvalue weighted by molar-refractivity contribution is 0.0950. The Morgan fingerprint density at radius 2 is 1.46 bits per heavy atom. The summed E-state index contributed by atoms with van der Waals surface area (Å²) in [6, 6.07) is 17.5. The van der Waals surface area contributed by atoms with Crippen molar-refractivity contribution >= 4 is 33.8 Å². The summed E-state index contributed by atoms with van der Waals surface area (Å²) in [5.74, 6) is -0.337. The van der Waals surface area contributed by atoms with E-state index in [0.717, 1.165) is 11.8 Å². The molecule has 0 spiro atoms. The zero-order valence-corrected chi connectivity index (χ0v) is 14.3. The van der Waals surface area contributed by atoms with Crippen LogP contribution in [0.3, 0.4) is 0 Å². The minimum atomic E-state index is -0.337. The molecule has 0 atom stereocenters. The Labute approximate surface area is 152 Å². The Morgan fingerprint density at radius 1 is 0.808 bits per heavy atom. The molecule has 126 valence electrons. The van der Waals surface area contributed by atoms with E-state index < -0.39 is 0 Å². The number of aromatic nitrogens is 4. The van der Waals surface area contributed by atoms with Gasteiger partial charge in [0.05, 0.1) is 11.0 Å². The normalized spacial score (nSPS) is 10.8. The van der Waals surface area contributed by atoms with Crippen molar-refractivity contribution in [2.45, 2.75) is 5.16 Å². The van der Waals surface area contributed by atoms with Crippen molar-refractivity contribution in [1.82, 2.24) is 19.5 Å². The predicted octanol–water partition coefficient (Wildman–Crippen LogP) is 3.45. The van der Waals surface area contributed by atoms with Gasteiger partial charge in [0.15, 0.2) is 5.16 Å².